The zero-order chi connectivity index (χ0) is 15.9. The van der Waals surface area contributed by atoms with Crippen LogP contribution in [0.2, 0.25) is 0 Å². The second kappa shape index (κ2) is 8.74. The second-order valence-electron chi connectivity index (χ2n) is 6.37. The van der Waals surface area contributed by atoms with E-state index in [4.69, 9.17) is 0 Å². The monoisotopic (exact) mass is 299 g/mol. The van der Waals surface area contributed by atoms with Crippen LogP contribution in [0, 0.1) is 5.41 Å². The van der Waals surface area contributed by atoms with Gasteiger partial charge in [-0.05, 0) is 45.8 Å². The molecule has 1 atom stereocenters. The molecule has 2 fully saturated rings. The summed E-state index contributed by atoms with van der Waals surface area (Å²) in [6, 6.07) is 0.437. The van der Waals surface area contributed by atoms with Gasteiger partial charge >= 0.3 is 0 Å². The van der Waals surface area contributed by atoms with Gasteiger partial charge in [-0.25, -0.2) is 0 Å². The minimum absolute atomic E-state index is 0. The Morgan fingerprint density at radius 1 is 1.24 bits per heavy atom. The van der Waals surface area contributed by atoms with Gasteiger partial charge in [0.2, 0.25) is 5.91 Å². The van der Waals surface area contributed by atoms with Gasteiger partial charge in [0.1, 0.15) is 0 Å². The molecule has 0 aromatic carbocycles. The van der Waals surface area contributed by atoms with Crippen molar-refractivity contribution in [2.75, 3.05) is 39.3 Å². The van der Waals surface area contributed by atoms with E-state index in [1.54, 1.807) is 0 Å². The Morgan fingerprint density at radius 2 is 1.81 bits per heavy atom. The predicted octanol–water partition coefficient (Wildman–Crippen LogP) is 2.59. The molecule has 2 saturated heterocycles. The van der Waals surface area contributed by atoms with E-state index >= 15 is 0 Å². The van der Waals surface area contributed by atoms with Crippen molar-refractivity contribution < 1.29 is 6.22 Å². The molecule has 21 heavy (non-hydrogen) atoms. The third kappa shape index (κ3) is 4.96. The van der Waals surface area contributed by atoms with E-state index in [0.29, 0.717) is 18.0 Å². The van der Waals surface area contributed by atoms with Gasteiger partial charge in [0.05, 0.1) is 6.54 Å². The highest BCUT2D eigenvalue weighted by Gasteiger charge is 2.46. The molecule has 1 N–H and O–H groups in total. The summed E-state index contributed by atoms with van der Waals surface area (Å²) in [7, 11) is 0. The standard InChI is InChI=1S/C15H29N3O.C2H6.H2/c1-4-13(3)16-10-14(19)18-11-15(12-18)6-8-17(5-2)9-7-15;1-2;/h13,16H,4-12H2,1-3H3;1-2H3;1H. The Hall–Kier alpha value is -0.610. The van der Waals surface area contributed by atoms with Crippen LogP contribution >= 0.6 is 0 Å². The third-order valence-electron chi connectivity index (χ3n) is 4.98. The molecule has 2 aliphatic heterocycles. The molecule has 2 rings (SSSR count). The second-order valence-corrected chi connectivity index (χ2v) is 6.37. The minimum atomic E-state index is 0. The van der Waals surface area contributed by atoms with Crippen LogP contribution in [-0.4, -0.2) is 61.0 Å². The molecule has 0 aromatic rings. The molecule has 0 aliphatic carbocycles. The van der Waals surface area contributed by atoms with Crippen LogP contribution in [0.4, 0.5) is 0 Å². The molecule has 4 nitrogen and oxygen atoms in total. The Balaban J connectivity index is 0.00000141. The molecule has 126 valence electrons. The lowest BCUT2D eigenvalue weighted by atomic mass is 9.72. The first-order valence-corrected chi connectivity index (χ1v) is 8.82. The van der Waals surface area contributed by atoms with Gasteiger partial charge in [-0.2, -0.15) is 0 Å². The fourth-order valence-corrected chi connectivity index (χ4v) is 3.12. The normalized spacial score (nSPS) is 22.2. The van der Waals surface area contributed by atoms with Gasteiger partial charge in [0.15, 0.2) is 0 Å². The van der Waals surface area contributed by atoms with Crippen LogP contribution in [-0.2, 0) is 4.79 Å². The largest absolute Gasteiger partial charge is 0.340 e. The quantitative estimate of drug-likeness (QED) is 0.847. The van der Waals surface area contributed by atoms with Gasteiger partial charge < -0.3 is 15.1 Å². The zero-order valence-corrected chi connectivity index (χ0v) is 14.7. The predicted molar refractivity (Wildman–Crippen MR) is 91.6 cm³/mol. The molecule has 1 amide bonds. The van der Waals surface area contributed by atoms with E-state index in [1.165, 1.54) is 25.9 Å². The van der Waals surface area contributed by atoms with Crippen LogP contribution in [0.15, 0.2) is 0 Å². The summed E-state index contributed by atoms with van der Waals surface area (Å²) in [6.07, 6.45) is 3.61. The van der Waals surface area contributed by atoms with E-state index < -0.39 is 0 Å². The first-order valence-electron chi connectivity index (χ1n) is 8.82. The number of rotatable bonds is 5. The number of nitrogens with one attached hydrogen (secondary N) is 1. The van der Waals surface area contributed by atoms with Crippen LogP contribution in [0.1, 0.15) is 55.3 Å². The summed E-state index contributed by atoms with van der Waals surface area (Å²) in [5.74, 6) is 0.281. The molecule has 2 heterocycles. The number of piperidine rings is 1. The minimum Gasteiger partial charge on any atom is -0.340 e. The van der Waals surface area contributed by atoms with Crippen LogP contribution < -0.4 is 5.32 Å². The van der Waals surface area contributed by atoms with Crippen molar-refractivity contribution in [1.29, 1.82) is 0 Å². The Kier molecular flexibility index (Phi) is 7.67. The molecule has 4 heteroatoms. The maximum absolute atomic E-state index is 12.0. The lowest BCUT2D eigenvalue weighted by Crippen LogP contribution is -2.63. The number of hydrogen-bond donors (Lipinski definition) is 1. The van der Waals surface area contributed by atoms with Crippen molar-refractivity contribution in [3.8, 4) is 0 Å². The maximum Gasteiger partial charge on any atom is 0.236 e. The van der Waals surface area contributed by atoms with E-state index in [9.17, 15) is 4.79 Å². The number of amides is 1. The lowest BCUT2D eigenvalue weighted by molar-refractivity contribution is -0.145. The van der Waals surface area contributed by atoms with Crippen molar-refractivity contribution in [1.82, 2.24) is 15.1 Å². The first-order chi connectivity index (χ1) is 10.1. The summed E-state index contributed by atoms with van der Waals surface area (Å²) in [5.41, 5.74) is 0.456. The van der Waals surface area contributed by atoms with Crippen molar-refractivity contribution in [3.05, 3.63) is 0 Å². The Labute approximate surface area is 132 Å². The summed E-state index contributed by atoms with van der Waals surface area (Å²) < 4.78 is 0. The number of hydrogen-bond acceptors (Lipinski definition) is 3. The maximum atomic E-state index is 12.0. The average Bonchev–Trinajstić information content (AvgIpc) is 2.51. The van der Waals surface area contributed by atoms with Crippen molar-refractivity contribution in [2.45, 2.75) is 59.9 Å². The molecule has 2 aliphatic rings. The SMILES string of the molecule is CC.CCC(C)NCC(=O)N1CC2(CCN(CC)CC2)C1.[HH]. The molecular formula is C17H37N3O. The summed E-state index contributed by atoms with van der Waals surface area (Å²) in [6.45, 7) is 16.6. The number of likely N-dealkylation sites (tertiary alicyclic amines) is 2. The first kappa shape index (κ1) is 18.4. The fraction of sp³-hybridized carbons (Fsp3) is 0.941. The van der Waals surface area contributed by atoms with E-state index in [1.807, 2.05) is 18.7 Å². The average molecular weight is 300 g/mol. The molecule has 0 bridgehead atoms. The zero-order valence-electron chi connectivity index (χ0n) is 14.7. The topological polar surface area (TPSA) is 35.6 Å². The summed E-state index contributed by atoms with van der Waals surface area (Å²) in [4.78, 5) is 16.6. The third-order valence-corrected chi connectivity index (χ3v) is 4.98. The highest BCUT2D eigenvalue weighted by atomic mass is 16.2. The highest BCUT2D eigenvalue weighted by Crippen LogP contribution is 2.40. The molecule has 1 unspecified atom stereocenters. The fourth-order valence-electron chi connectivity index (χ4n) is 3.12. The van der Waals surface area contributed by atoms with Crippen molar-refractivity contribution in [3.63, 3.8) is 0 Å². The highest BCUT2D eigenvalue weighted by molar-refractivity contribution is 5.79. The number of nitrogens with zero attached hydrogens (tertiary/aromatic N) is 2. The molecule has 0 radical (unpaired) electrons. The lowest BCUT2D eigenvalue weighted by Gasteiger charge is -2.54. The molecular weight excluding hydrogens is 262 g/mol. The Bertz CT molecular complexity index is 309. The van der Waals surface area contributed by atoms with Gasteiger partial charge in [0.25, 0.3) is 0 Å². The van der Waals surface area contributed by atoms with Crippen molar-refractivity contribution >= 4 is 5.91 Å². The van der Waals surface area contributed by atoms with Gasteiger partial charge in [-0.3, -0.25) is 4.79 Å². The van der Waals surface area contributed by atoms with Gasteiger partial charge in [-0.15, -0.1) is 0 Å². The van der Waals surface area contributed by atoms with Crippen molar-refractivity contribution in [2.24, 2.45) is 5.41 Å². The van der Waals surface area contributed by atoms with E-state index in [2.05, 4.69) is 31.0 Å². The smallest absolute Gasteiger partial charge is 0.236 e. The Morgan fingerprint density at radius 3 is 2.29 bits per heavy atom. The van der Waals surface area contributed by atoms with Crippen LogP contribution in [0.3, 0.4) is 0 Å². The van der Waals surface area contributed by atoms with E-state index in [0.717, 1.165) is 26.1 Å². The number of carbonyl (C=O) groups is 1. The van der Waals surface area contributed by atoms with Crippen LogP contribution in [0.25, 0.3) is 0 Å². The summed E-state index contributed by atoms with van der Waals surface area (Å²) >= 11 is 0. The molecule has 0 saturated carbocycles. The van der Waals surface area contributed by atoms with E-state index in [-0.39, 0.29) is 7.33 Å². The summed E-state index contributed by atoms with van der Waals surface area (Å²) in [5, 5.41) is 3.29. The van der Waals surface area contributed by atoms with Gasteiger partial charge in [0, 0.05) is 26.0 Å². The number of carbonyl (C=O) groups excluding carboxylic acids is 1. The molecule has 1 spiro atoms. The van der Waals surface area contributed by atoms with Gasteiger partial charge in [-0.1, -0.05) is 27.7 Å². The van der Waals surface area contributed by atoms with Crippen LogP contribution in [0.5, 0.6) is 0 Å². The molecule has 0 aromatic heterocycles.